The Balaban J connectivity index is 2.29. The van der Waals surface area contributed by atoms with Gasteiger partial charge in [0.25, 0.3) is 0 Å². The lowest BCUT2D eigenvalue weighted by molar-refractivity contribution is 1.15. The van der Waals surface area contributed by atoms with Crippen LogP contribution in [-0.2, 0) is 0 Å². The second-order valence-corrected chi connectivity index (χ2v) is 4.64. The van der Waals surface area contributed by atoms with Gasteiger partial charge >= 0.3 is 0 Å². The first-order valence-electron chi connectivity index (χ1n) is 5.55. The molecule has 0 atom stereocenters. The van der Waals surface area contributed by atoms with Gasteiger partial charge in [-0.25, -0.2) is 4.98 Å². The number of halogens is 1. The van der Waals surface area contributed by atoms with Crippen molar-refractivity contribution < 1.29 is 0 Å². The van der Waals surface area contributed by atoms with Crippen molar-refractivity contribution in [1.29, 1.82) is 0 Å². The van der Waals surface area contributed by atoms with Crippen LogP contribution in [-0.4, -0.2) is 21.4 Å². The van der Waals surface area contributed by atoms with Crippen LogP contribution in [0.5, 0.6) is 0 Å². The molecule has 0 amide bonds. The van der Waals surface area contributed by atoms with E-state index in [0.29, 0.717) is 0 Å². The van der Waals surface area contributed by atoms with Crippen molar-refractivity contribution in [3.8, 4) is 11.4 Å². The van der Waals surface area contributed by atoms with Crippen molar-refractivity contribution in [1.82, 2.24) is 14.4 Å². The molecule has 0 saturated heterocycles. The van der Waals surface area contributed by atoms with E-state index in [1.165, 1.54) is 0 Å². The number of nitrogens with one attached hydrogen (secondary N) is 1. The van der Waals surface area contributed by atoms with E-state index in [2.05, 4.69) is 31.2 Å². The zero-order valence-corrected chi connectivity index (χ0v) is 11.3. The number of anilines is 1. The van der Waals surface area contributed by atoms with E-state index >= 15 is 0 Å². The predicted molar refractivity (Wildman–Crippen MR) is 75.7 cm³/mol. The van der Waals surface area contributed by atoms with Crippen molar-refractivity contribution in [3.05, 3.63) is 47.5 Å². The van der Waals surface area contributed by atoms with Crippen molar-refractivity contribution in [2.45, 2.75) is 0 Å². The Labute approximate surface area is 113 Å². The second-order valence-electron chi connectivity index (χ2n) is 3.89. The smallest absolute Gasteiger partial charge is 0.147 e. The fourth-order valence-electron chi connectivity index (χ4n) is 1.89. The molecule has 0 unspecified atom stereocenters. The number of aromatic nitrogens is 3. The van der Waals surface area contributed by atoms with Crippen molar-refractivity contribution in [2.24, 2.45) is 0 Å². The molecule has 0 spiro atoms. The molecule has 1 N–H and O–H groups in total. The number of nitrogens with zero attached hydrogens (tertiary/aromatic N) is 3. The molecule has 0 aliphatic rings. The van der Waals surface area contributed by atoms with E-state index < -0.39 is 0 Å². The van der Waals surface area contributed by atoms with Crippen molar-refractivity contribution >= 4 is 27.1 Å². The standard InChI is InChI=1S/C13H11BrN4/c1-15-10-4-5-11-12(14)17-13(18(11)8-10)9-3-2-6-16-7-9/h2-8,15H,1H3. The third kappa shape index (κ3) is 1.76. The van der Waals surface area contributed by atoms with E-state index in [0.717, 1.165) is 27.2 Å². The van der Waals surface area contributed by atoms with Gasteiger partial charge in [0.05, 0.1) is 11.2 Å². The third-order valence-corrected chi connectivity index (χ3v) is 3.38. The summed E-state index contributed by atoms with van der Waals surface area (Å²) in [6.45, 7) is 0. The molecule has 3 heterocycles. The number of fused-ring (bicyclic) bond motifs is 1. The summed E-state index contributed by atoms with van der Waals surface area (Å²) < 4.78 is 2.89. The van der Waals surface area contributed by atoms with Gasteiger partial charge in [0.1, 0.15) is 10.4 Å². The van der Waals surface area contributed by atoms with Crippen LogP contribution in [0, 0.1) is 0 Å². The fraction of sp³-hybridized carbons (Fsp3) is 0.0769. The maximum Gasteiger partial charge on any atom is 0.147 e. The highest BCUT2D eigenvalue weighted by atomic mass is 79.9. The number of pyridine rings is 2. The monoisotopic (exact) mass is 302 g/mol. The minimum atomic E-state index is 0.837. The molecule has 90 valence electrons. The Bertz CT molecular complexity index is 691. The lowest BCUT2D eigenvalue weighted by atomic mass is 10.2. The highest BCUT2D eigenvalue weighted by Crippen LogP contribution is 2.26. The van der Waals surface area contributed by atoms with E-state index in [4.69, 9.17) is 0 Å². The van der Waals surface area contributed by atoms with Crippen molar-refractivity contribution in [3.63, 3.8) is 0 Å². The Morgan fingerprint density at radius 1 is 1.28 bits per heavy atom. The molecule has 0 saturated carbocycles. The van der Waals surface area contributed by atoms with Crippen LogP contribution in [0.3, 0.4) is 0 Å². The summed E-state index contributed by atoms with van der Waals surface area (Å²) in [6.07, 6.45) is 5.59. The van der Waals surface area contributed by atoms with Crippen LogP contribution in [0.15, 0.2) is 47.5 Å². The first kappa shape index (κ1) is 11.2. The maximum atomic E-state index is 4.55. The Hall–Kier alpha value is -1.88. The minimum Gasteiger partial charge on any atom is -0.387 e. The number of hydrogen-bond acceptors (Lipinski definition) is 3. The summed E-state index contributed by atoms with van der Waals surface area (Å²) in [7, 11) is 1.90. The largest absolute Gasteiger partial charge is 0.387 e. The van der Waals surface area contributed by atoms with Crippen LogP contribution >= 0.6 is 15.9 Å². The van der Waals surface area contributed by atoms with Gasteiger partial charge in [-0.1, -0.05) is 0 Å². The summed E-state index contributed by atoms with van der Waals surface area (Å²) in [6, 6.07) is 7.96. The first-order valence-corrected chi connectivity index (χ1v) is 6.34. The molecule has 0 aliphatic carbocycles. The average Bonchev–Trinajstić information content (AvgIpc) is 2.76. The van der Waals surface area contributed by atoms with E-state index in [-0.39, 0.29) is 0 Å². The van der Waals surface area contributed by atoms with Crippen LogP contribution in [0.1, 0.15) is 0 Å². The van der Waals surface area contributed by atoms with E-state index in [1.54, 1.807) is 6.20 Å². The van der Waals surface area contributed by atoms with Gasteiger partial charge < -0.3 is 5.32 Å². The van der Waals surface area contributed by atoms with Crippen LogP contribution in [0.4, 0.5) is 5.69 Å². The third-order valence-electron chi connectivity index (χ3n) is 2.80. The SMILES string of the molecule is CNc1ccc2c(Br)nc(-c3cccnc3)n2c1. The van der Waals surface area contributed by atoms with Crippen LogP contribution < -0.4 is 5.32 Å². The van der Waals surface area contributed by atoms with Gasteiger partial charge in [-0.2, -0.15) is 0 Å². The predicted octanol–water partition coefficient (Wildman–Crippen LogP) is 3.20. The van der Waals surface area contributed by atoms with E-state index in [1.807, 2.05) is 48.1 Å². The molecule has 0 aromatic carbocycles. The molecular weight excluding hydrogens is 292 g/mol. The number of imidazole rings is 1. The van der Waals surface area contributed by atoms with Gasteiger partial charge in [-0.15, -0.1) is 0 Å². The van der Waals surface area contributed by atoms with Gasteiger partial charge in [0.15, 0.2) is 0 Å². The van der Waals surface area contributed by atoms with Crippen LogP contribution in [0.2, 0.25) is 0 Å². The lowest BCUT2D eigenvalue weighted by Crippen LogP contribution is -1.94. The first-order chi connectivity index (χ1) is 8.79. The number of hydrogen-bond donors (Lipinski definition) is 1. The topological polar surface area (TPSA) is 42.2 Å². The second kappa shape index (κ2) is 4.42. The van der Waals surface area contributed by atoms with Gasteiger partial charge in [-0.05, 0) is 40.2 Å². The molecule has 0 fully saturated rings. The zero-order chi connectivity index (χ0) is 12.5. The zero-order valence-electron chi connectivity index (χ0n) is 9.76. The minimum absolute atomic E-state index is 0.837. The summed E-state index contributed by atoms with van der Waals surface area (Å²) in [4.78, 5) is 8.68. The molecule has 0 bridgehead atoms. The summed E-state index contributed by atoms with van der Waals surface area (Å²) in [5, 5.41) is 3.13. The normalized spacial score (nSPS) is 10.8. The molecule has 5 heteroatoms. The summed E-state index contributed by atoms with van der Waals surface area (Å²) in [5.41, 5.74) is 3.07. The van der Waals surface area contributed by atoms with Gasteiger partial charge in [0, 0.05) is 31.2 Å². The number of rotatable bonds is 2. The molecule has 18 heavy (non-hydrogen) atoms. The van der Waals surface area contributed by atoms with Crippen LogP contribution in [0.25, 0.3) is 16.9 Å². The summed E-state index contributed by atoms with van der Waals surface area (Å²) in [5.74, 6) is 0.877. The maximum absolute atomic E-state index is 4.55. The molecule has 0 aliphatic heterocycles. The fourth-order valence-corrected chi connectivity index (χ4v) is 2.39. The molecule has 0 radical (unpaired) electrons. The molecule has 3 rings (SSSR count). The summed E-state index contributed by atoms with van der Waals surface area (Å²) >= 11 is 3.49. The lowest BCUT2D eigenvalue weighted by Gasteiger charge is -2.04. The Kier molecular flexibility index (Phi) is 2.76. The van der Waals surface area contributed by atoms with Gasteiger partial charge in [-0.3, -0.25) is 9.38 Å². The highest BCUT2D eigenvalue weighted by Gasteiger charge is 2.11. The molecule has 4 nitrogen and oxygen atoms in total. The van der Waals surface area contributed by atoms with E-state index in [9.17, 15) is 0 Å². The average molecular weight is 303 g/mol. The van der Waals surface area contributed by atoms with Crippen molar-refractivity contribution in [2.75, 3.05) is 12.4 Å². The Morgan fingerprint density at radius 3 is 2.89 bits per heavy atom. The molecule has 3 aromatic rings. The Morgan fingerprint density at radius 2 is 2.17 bits per heavy atom. The quantitative estimate of drug-likeness (QED) is 0.790. The molecule has 3 aromatic heterocycles. The highest BCUT2D eigenvalue weighted by molar-refractivity contribution is 9.10. The molecular formula is C13H11BrN4. The van der Waals surface area contributed by atoms with Gasteiger partial charge in [0.2, 0.25) is 0 Å².